The highest BCUT2D eigenvalue weighted by Gasteiger charge is 2.39. The van der Waals surface area contributed by atoms with Gasteiger partial charge in [-0.3, -0.25) is 0 Å². The third-order valence-corrected chi connectivity index (χ3v) is 4.76. The van der Waals surface area contributed by atoms with Crippen LogP contribution in [0.1, 0.15) is 45.2 Å². The number of hydrogen-bond acceptors (Lipinski definition) is 2. The molecule has 106 valence electrons. The lowest BCUT2D eigenvalue weighted by atomic mass is 10.0. The number of halogens is 2. The number of rotatable bonds is 4. The lowest BCUT2D eigenvalue weighted by Gasteiger charge is -2.28. The van der Waals surface area contributed by atoms with Crippen LogP contribution in [0.25, 0.3) is 0 Å². The molecule has 1 fully saturated rings. The van der Waals surface area contributed by atoms with Crippen LogP contribution in [0.4, 0.5) is 8.78 Å². The van der Waals surface area contributed by atoms with Crippen molar-refractivity contribution in [1.82, 2.24) is 4.72 Å². The van der Waals surface area contributed by atoms with Crippen molar-refractivity contribution >= 4 is 11.4 Å². The molecule has 5 heteroatoms. The Balaban J connectivity index is 2.21. The second-order valence-corrected chi connectivity index (χ2v) is 7.98. The average Bonchev–Trinajstić information content (AvgIpc) is 3.08. The van der Waals surface area contributed by atoms with Gasteiger partial charge in [0.1, 0.15) is 16.4 Å². The van der Waals surface area contributed by atoms with Gasteiger partial charge in [0.25, 0.3) is 0 Å². The van der Waals surface area contributed by atoms with Gasteiger partial charge < -0.3 is 4.55 Å². The van der Waals surface area contributed by atoms with Gasteiger partial charge in [0.2, 0.25) is 0 Å². The van der Waals surface area contributed by atoms with Crippen LogP contribution >= 0.6 is 0 Å². The van der Waals surface area contributed by atoms with Crippen LogP contribution in [0.5, 0.6) is 0 Å². The maximum Gasteiger partial charge on any atom is 0.136 e. The van der Waals surface area contributed by atoms with E-state index in [-0.39, 0.29) is 12.0 Å². The molecule has 1 aliphatic rings. The Morgan fingerprint density at radius 2 is 1.95 bits per heavy atom. The molecule has 0 saturated heterocycles. The largest absolute Gasteiger partial charge is 0.598 e. The van der Waals surface area contributed by atoms with Crippen LogP contribution in [0.2, 0.25) is 0 Å². The van der Waals surface area contributed by atoms with Gasteiger partial charge in [-0.05, 0) is 45.6 Å². The molecule has 1 aliphatic carbocycles. The molecule has 0 aromatic heterocycles. The quantitative estimate of drug-likeness (QED) is 0.861. The van der Waals surface area contributed by atoms with Crippen molar-refractivity contribution in [2.24, 2.45) is 5.92 Å². The van der Waals surface area contributed by atoms with Crippen molar-refractivity contribution in [3.8, 4) is 0 Å². The van der Waals surface area contributed by atoms with Crippen molar-refractivity contribution in [2.75, 3.05) is 0 Å². The van der Waals surface area contributed by atoms with Crippen molar-refractivity contribution < 1.29 is 13.3 Å². The monoisotopic (exact) mass is 287 g/mol. The van der Waals surface area contributed by atoms with Gasteiger partial charge in [-0.15, -0.1) is 4.72 Å². The Bertz CT molecular complexity index is 457. The lowest BCUT2D eigenvalue weighted by Crippen LogP contribution is -2.42. The summed E-state index contributed by atoms with van der Waals surface area (Å²) in [5, 5.41) is 0. The molecular weight excluding hydrogens is 268 g/mol. The number of benzene rings is 1. The SMILES string of the molecule is CC(C)(C)[S@@+]([O-])NC(c1ccc(F)cc1F)C1CC1. The molecule has 1 aromatic rings. The number of hydrogen-bond donors (Lipinski definition) is 1. The second kappa shape index (κ2) is 5.38. The highest BCUT2D eigenvalue weighted by atomic mass is 32.2. The van der Waals surface area contributed by atoms with Crippen LogP contribution in [0.3, 0.4) is 0 Å². The smallest absolute Gasteiger partial charge is 0.136 e. The van der Waals surface area contributed by atoms with Gasteiger partial charge in [0, 0.05) is 23.0 Å². The van der Waals surface area contributed by atoms with Gasteiger partial charge in [-0.2, -0.15) is 0 Å². The minimum absolute atomic E-state index is 0.284. The molecule has 0 bridgehead atoms. The first-order valence-electron chi connectivity index (χ1n) is 6.42. The Kier molecular flexibility index (Phi) is 4.18. The summed E-state index contributed by atoms with van der Waals surface area (Å²) < 4.78 is 41.6. The maximum atomic E-state index is 13.9. The molecule has 1 N–H and O–H groups in total. The Hall–Kier alpha value is -0.650. The predicted octanol–water partition coefficient (Wildman–Crippen LogP) is 3.47. The fourth-order valence-corrected chi connectivity index (χ4v) is 2.79. The van der Waals surface area contributed by atoms with Gasteiger partial charge in [0.15, 0.2) is 0 Å². The lowest BCUT2D eigenvalue weighted by molar-refractivity contribution is 0.483. The summed E-state index contributed by atoms with van der Waals surface area (Å²) in [7, 11) is 0. The molecule has 0 spiro atoms. The minimum Gasteiger partial charge on any atom is -0.598 e. The van der Waals surface area contributed by atoms with E-state index < -0.39 is 27.7 Å². The van der Waals surface area contributed by atoms with E-state index in [1.807, 2.05) is 20.8 Å². The molecule has 0 radical (unpaired) electrons. The van der Waals surface area contributed by atoms with E-state index in [1.165, 1.54) is 12.1 Å². The first-order valence-corrected chi connectivity index (χ1v) is 7.57. The maximum absolute atomic E-state index is 13.9. The van der Waals surface area contributed by atoms with E-state index in [1.54, 1.807) is 0 Å². The molecule has 19 heavy (non-hydrogen) atoms. The molecule has 0 aliphatic heterocycles. The minimum atomic E-state index is -1.27. The predicted molar refractivity (Wildman–Crippen MR) is 72.9 cm³/mol. The highest BCUT2D eigenvalue weighted by Crippen LogP contribution is 2.42. The fourth-order valence-electron chi connectivity index (χ4n) is 1.89. The summed E-state index contributed by atoms with van der Waals surface area (Å²) in [6.07, 6.45) is 1.96. The van der Waals surface area contributed by atoms with E-state index in [4.69, 9.17) is 0 Å². The third kappa shape index (κ3) is 3.68. The number of nitrogens with one attached hydrogen (secondary N) is 1. The van der Waals surface area contributed by atoms with E-state index >= 15 is 0 Å². The summed E-state index contributed by atoms with van der Waals surface area (Å²) in [4.78, 5) is 0. The first kappa shape index (κ1) is 14.8. The zero-order valence-corrected chi connectivity index (χ0v) is 12.2. The van der Waals surface area contributed by atoms with Crippen LogP contribution in [-0.4, -0.2) is 9.30 Å². The van der Waals surface area contributed by atoms with Gasteiger partial charge in [-0.1, -0.05) is 6.07 Å². The van der Waals surface area contributed by atoms with E-state index in [0.29, 0.717) is 5.56 Å². The summed E-state index contributed by atoms with van der Waals surface area (Å²) in [5.41, 5.74) is 0.404. The third-order valence-electron chi connectivity index (χ3n) is 3.18. The summed E-state index contributed by atoms with van der Waals surface area (Å²) in [5.74, 6) is -0.880. The normalized spacial score (nSPS) is 19.3. The summed E-state index contributed by atoms with van der Waals surface area (Å²) >= 11 is -1.27. The molecule has 1 saturated carbocycles. The topological polar surface area (TPSA) is 35.1 Å². The first-order chi connectivity index (χ1) is 8.79. The molecule has 2 rings (SSSR count). The zero-order valence-electron chi connectivity index (χ0n) is 11.4. The van der Waals surface area contributed by atoms with Crippen molar-refractivity contribution in [3.63, 3.8) is 0 Å². The van der Waals surface area contributed by atoms with Crippen molar-refractivity contribution in [2.45, 2.75) is 44.4 Å². The van der Waals surface area contributed by atoms with Crippen molar-refractivity contribution in [1.29, 1.82) is 0 Å². The van der Waals surface area contributed by atoms with Crippen LogP contribution in [0.15, 0.2) is 18.2 Å². The fraction of sp³-hybridized carbons (Fsp3) is 0.571. The van der Waals surface area contributed by atoms with E-state index in [9.17, 15) is 13.3 Å². The molecule has 0 amide bonds. The Morgan fingerprint density at radius 1 is 1.32 bits per heavy atom. The molecule has 2 atom stereocenters. The van der Waals surface area contributed by atoms with E-state index in [0.717, 1.165) is 18.9 Å². The molecular formula is C14H19F2NOS. The Morgan fingerprint density at radius 3 is 2.42 bits per heavy atom. The second-order valence-electron chi connectivity index (χ2n) is 5.98. The van der Waals surface area contributed by atoms with E-state index in [2.05, 4.69) is 4.72 Å². The Labute approximate surface area is 115 Å². The molecule has 2 nitrogen and oxygen atoms in total. The molecule has 1 aromatic carbocycles. The highest BCUT2D eigenvalue weighted by molar-refractivity contribution is 7.90. The van der Waals surface area contributed by atoms with Crippen LogP contribution in [-0.2, 0) is 11.4 Å². The standard InChI is InChI=1S/C14H19F2NOS/c1-14(2,3)19(18)17-13(9-4-5-9)11-7-6-10(15)8-12(11)16/h6-9,13,17H,4-5H2,1-3H3/t13?,19-/m1/s1. The van der Waals surface area contributed by atoms with Gasteiger partial charge >= 0.3 is 0 Å². The summed E-state index contributed by atoms with van der Waals surface area (Å²) in [6.45, 7) is 5.59. The van der Waals surface area contributed by atoms with Crippen LogP contribution < -0.4 is 4.72 Å². The molecule has 0 heterocycles. The zero-order chi connectivity index (χ0) is 14.2. The van der Waals surface area contributed by atoms with Crippen LogP contribution in [0, 0.1) is 17.6 Å². The van der Waals surface area contributed by atoms with Gasteiger partial charge in [-0.25, -0.2) is 8.78 Å². The molecule has 1 unspecified atom stereocenters. The van der Waals surface area contributed by atoms with Crippen molar-refractivity contribution in [3.05, 3.63) is 35.4 Å². The average molecular weight is 287 g/mol. The van der Waals surface area contributed by atoms with Gasteiger partial charge in [0.05, 0.1) is 6.04 Å². The summed E-state index contributed by atoms with van der Waals surface area (Å²) in [6, 6.07) is 3.27.